The van der Waals surface area contributed by atoms with Gasteiger partial charge in [-0.15, -0.1) is 0 Å². The summed E-state index contributed by atoms with van der Waals surface area (Å²) in [5.41, 5.74) is -0.190. The first-order valence-corrected chi connectivity index (χ1v) is 4.16. The molecule has 0 spiro atoms. The molecule has 0 amide bonds. The molecule has 0 radical (unpaired) electrons. The smallest absolute Gasteiger partial charge is 0.0834 e. The zero-order valence-corrected chi connectivity index (χ0v) is 7.36. The number of ether oxygens (including phenoxy) is 1. The molecular formula is C9H15NO2. The van der Waals surface area contributed by atoms with Crippen LogP contribution in [0.3, 0.4) is 0 Å². The van der Waals surface area contributed by atoms with Crippen LogP contribution in [-0.4, -0.2) is 37.2 Å². The molecule has 1 heterocycles. The summed E-state index contributed by atoms with van der Waals surface area (Å²) in [6, 6.07) is 0. The molecule has 0 aliphatic carbocycles. The zero-order valence-electron chi connectivity index (χ0n) is 7.36. The summed E-state index contributed by atoms with van der Waals surface area (Å²) in [7, 11) is 1.68. The highest BCUT2D eigenvalue weighted by molar-refractivity contribution is 5.75. The Bertz CT molecular complexity index is 175. The average molecular weight is 169 g/mol. The first-order chi connectivity index (χ1) is 5.83. The minimum absolute atomic E-state index is 0.172. The predicted octanol–water partition coefficient (Wildman–Crippen LogP) is 0.785. The van der Waals surface area contributed by atoms with Gasteiger partial charge in [0, 0.05) is 26.5 Å². The summed E-state index contributed by atoms with van der Waals surface area (Å²) in [6.07, 6.45) is 7.26. The number of hydrogen-bond donors (Lipinski definition) is 1. The Morgan fingerprint density at radius 3 is 2.83 bits per heavy atom. The molecule has 68 valence electrons. The molecule has 0 aromatic rings. The fourth-order valence-electron chi connectivity index (χ4n) is 1.35. The summed E-state index contributed by atoms with van der Waals surface area (Å²) in [6.45, 7) is 0.854. The van der Waals surface area contributed by atoms with Crippen LogP contribution in [0.4, 0.5) is 0 Å². The van der Waals surface area contributed by atoms with E-state index in [9.17, 15) is 0 Å². The number of nitrogens with zero attached hydrogens (tertiary/aromatic N) is 1. The van der Waals surface area contributed by atoms with E-state index in [1.165, 1.54) is 0 Å². The molecule has 1 aliphatic rings. The van der Waals surface area contributed by atoms with Gasteiger partial charge in [-0.25, -0.2) is 0 Å². The van der Waals surface area contributed by atoms with Crippen LogP contribution in [0.1, 0.15) is 12.8 Å². The maximum atomic E-state index is 8.84. The van der Waals surface area contributed by atoms with E-state index < -0.39 is 0 Å². The van der Waals surface area contributed by atoms with Crippen LogP contribution >= 0.6 is 0 Å². The number of aliphatic hydroxyl groups is 1. The predicted molar refractivity (Wildman–Crippen MR) is 48.6 cm³/mol. The molecule has 12 heavy (non-hydrogen) atoms. The third-order valence-corrected chi connectivity index (χ3v) is 2.11. The molecule has 1 aliphatic heterocycles. The van der Waals surface area contributed by atoms with Gasteiger partial charge in [-0.05, 0) is 18.9 Å². The molecule has 1 unspecified atom stereocenters. The topological polar surface area (TPSA) is 41.8 Å². The lowest BCUT2D eigenvalue weighted by Crippen LogP contribution is -2.25. The van der Waals surface area contributed by atoms with Crippen LogP contribution in [0.2, 0.25) is 0 Å². The molecule has 0 saturated heterocycles. The summed E-state index contributed by atoms with van der Waals surface area (Å²) < 4.78 is 4.99. The molecule has 3 nitrogen and oxygen atoms in total. The summed E-state index contributed by atoms with van der Waals surface area (Å²) in [5.74, 6) is 0. The van der Waals surface area contributed by atoms with Gasteiger partial charge in [-0.3, -0.25) is 4.99 Å². The monoisotopic (exact) mass is 169 g/mol. The maximum Gasteiger partial charge on any atom is 0.0834 e. The van der Waals surface area contributed by atoms with Crippen LogP contribution in [0.5, 0.6) is 0 Å². The molecular weight excluding hydrogens is 154 g/mol. The molecule has 0 aromatic heterocycles. The minimum atomic E-state index is -0.190. The number of aliphatic hydroxyl groups excluding tert-OH is 1. The van der Waals surface area contributed by atoms with E-state index in [1.54, 1.807) is 13.3 Å². The first-order valence-electron chi connectivity index (χ1n) is 4.16. The Kier molecular flexibility index (Phi) is 3.44. The van der Waals surface area contributed by atoms with Crippen molar-refractivity contribution in [1.29, 1.82) is 0 Å². The van der Waals surface area contributed by atoms with Gasteiger partial charge in [0.15, 0.2) is 0 Å². The fraction of sp³-hybridized carbons (Fsp3) is 0.667. The normalized spacial score (nSPS) is 26.8. The van der Waals surface area contributed by atoms with Gasteiger partial charge in [0.05, 0.1) is 5.54 Å². The van der Waals surface area contributed by atoms with Crippen LogP contribution < -0.4 is 0 Å². The number of aliphatic imine (C=N–C) groups is 1. The van der Waals surface area contributed by atoms with Crippen molar-refractivity contribution in [3.8, 4) is 0 Å². The molecule has 0 fully saturated rings. The van der Waals surface area contributed by atoms with Crippen molar-refractivity contribution in [2.24, 2.45) is 4.99 Å². The molecule has 0 aromatic carbocycles. The van der Waals surface area contributed by atoms with Crippen LogP contribution in [0.25, 0.3) is 0 Å². The van der Waals surface area contributed by atoms with Gasteiger partial charge in [0.25, 0.3) is 0 Å². The lowest BCUT2D eigenvalue weighted by Gasteiger charge is -2.22. The molecule has 1 rings (SSSR count). The molecule has 1 N–H and O–H groups in total. The average Bonchev–Trinajstić information content (AvgIpc) is 2.51. The van der Waals surface area contributed by atoms with Crippen molar-refractivity contribution in [3.05, 3.63) is 12.2 Å². The molecule has 0 bridgehead atoms. The number of hydrogen-bond acceptors (Lipinski definition) is 3. The van der Waals surface area contributed by atoms with Gasteiger partial charge >= 0.3 is 0 Å². The fourth-order valence-corrected chi connectivity index (χ4v) is 1.35. The van der Waals surface area contributed by atoms with Crippen LogP contribution in [-0.2, 0) is 4.74 Å². The highest BCUT2D eigenvalue weighted by Gasteiger charge is 2.26. The molecule has 0 saturated carbocycles. The van der Waals surface area contributed by atoms with Crippen molar-refractivity contribution in [2.45, 2.75) is 18.4 Å². The largest absolute Gasteiger partial charge is 0.396 e. The minimum Gasteiger partial charge on any atom is -0.396 e. The van der Waals surface area contributed by atoms with E-state index >= 15 is 0 Å². The van der Waals surface area contributed by atoms with Gasteiger partial charge in [-0.2, -0.15) is 0 Å². The molecule has 1 atom stereocenters. The van der Waals surface area contributed by atoms with E-state index in [0.29, 0.717) is 13.0 Å². The van der Waals surface area contributed by atoms with Gasteiger partial charge in [0.2, 0.25) is 0 Å². The summed E-state index contributed by atoms with van der Waals surface area (Å²) in [5, 5.41) is 8.84. The second-order valence-corrected chi connectivity index (χ2v) is 2.96. The lowest BCUT2D eigenvalue weighted by atomic mass is 9.93. The lowest BCUT2D eigenvalue weighted by molar-refractivity contribution is 0.167. The van der Waals surface area contributed by atoms with Crippen LogP contribution in [0.15, 0.2) is 17.1 Å². The van der Waals surface area contributed by atoms with Crippen molar-refractivity contribution >= 4 is 6.21 Å². The Morgan fingerprint density at radius 1 is 1.50 bits per heavy atom. The Morgan fingerprint density at radius 2 is 2.33 bits per heavy atom. The Labute approximate surface area is 72.8 Å². The quantitative estimate of drug-likeness (QED) is 0.661. The van der Waals surface area contributed by atoms with Gasteiger partial charge in [0.1, 0.15) is 0 Å². The van der Waals surface area contributed by atoms with E-state index in [1.807, 2.05) is 12.2 Å². The zero-order chi connectivity index (χ0) is 8.86. The standard InChI is InChI=1S/C9H15NO2/c1-12-8-5-9(4-7-11)3-2-6-10-9/h2-3,6,11H,4-5,7-8H2,1H3. The summed E-state index contributed by atoms with van der Waals surface area (Å²) >= 11 is 0. The van der Waals surface area contributed by atoms with Gasteiger partial charge in [-0.1, -0.05) is 6.08 Å². The second kappa shape index (κ2) is 4.38. The summed E-state index contributed by atoms with van der Waals surface area (Å²) in [4.78, 5) is 4.32. The highest BCUT2D eigenvalue weighted by atomic mass is 16.5. The third kappa shape index (κ3) is 2.16. The Balaban J connectivity index is 2.48. The van der Waals surface area contributed by atoms with Crippen molar-refractivity contribution in [1.82, 2.24) is 0 Å². The number of methoxy groups -OCH3 is 1. The van der Waals surface area contributed by atoms with Gasteiger partial charge < -0.3 is 9.84 Å². The number of rotatable bonds is 5. The van der Waals surface area contributed by atoms with E-state index in [2.05, 4.69) is 4.99 Å². The second-order valence-electron chi connectivity index (χ2n) is 2.96. The van der Waals surface area contributed by atoms with E-state index in [-0.39, 0.29) is 12.1 Å². The molecule has 3 heteroatoms. The van der Waals surface area contributed by atoms with E-state index in [0.717, 1.165) is 6.42 Å². The van der Waals surface area contributed by atoms with E-state index in [4.69, 9.17) is 9.84 Å². The van der Waals surface area contributed by atoms with Crippen molar-refractivity contribution in [2.75, 3.05) is 20.3 Å². The van der Waals surface area contributed by atoms with Crippen LogP contribution in [0, 0.1) is 0 Å². The van der Waals surface area contributed by atoms with Crippen molar-refractivity contribution in [3.63, 3.8) is 0 Å². The third-order valence-electron chi connectivity index (χ3n) is 2.11. The SMILES string of the molecule is COCCC1(CCO)C=CC=N1. The number of allylic oxidation sites excluding steroid dienone is 1. The van der Waals surface area contributed by atoms with Crippen molar-refractivity contribution < 1.29 is 9.84 Å². The Hall–Kier alpha value is -0.670. The highest BCUT2D eigenvalue weighted by Crippen LogP contribution is 2.25. The maximum absolute atomic E-state index is 8.84. The first kappa shape index (κ1) is 9.42.